The Morgan fingerprint density at radius 2 is 1.62 bits per heavy atom. The standard InChI is InChI=1S/C27H32N4O3/c32-25(29-24-12-6-7-15-28-24)19-13-16-30(17-14-19)27(34)23-18-21-10-4-5-11-22(21)31(23)26(33)20-8-2-1-3-9-20/h1-3,6-9,12,15,19,21-23H,4-5,10-11,13-14,16-18H2,(H,28,29,32). The summed E-state index contributed by atoms with van der Waals surface area (Å²) in [6.07, 6.45) is 7.99. The maximum Gasteiger partial charge on any atom is 0.254 e. The molecule has 2 aromatic rings. The van der Waals surface area contributed by atoms with Crippen LogP contribution in [0.5, 0.6) is 0 Å². The fourth-order valence-electron chi connectivity index (χ4n) is 5.94. The van der Waals surface area contributed by atoms with Gasteiger partial charge in [-0.1, -0.05) is 37.1 Å². The van der Waals surface area contributed by atoms with Crippen molar-refractivity contribution in [1.82, 2.24) is 14.8 Å². The third-order valence-electron chi connectivity index (χ3n) is 7.72. The van der Waals surface area contributed by atoms with E-state index in [1.807, 2.05) is 52.3 Å². The van der Waals surface area contributed by atoms with Gasteiger partial charge >= 0.3 is 0 Å². The van der Waals surface area contributed by atoms with Crippen LogP contribution >= 0.6 is 0 Å². The normalized spacial score (nSPS) is 25.0. The molecule has 3 heterocycles. The number of carbonyl (C=O) groups is 3. The third kappa shape index (κ3) is 4.56. The van der Waals surface area contributed by atoms with Crippen molar-refractivity contribution in [3.63, 3.8) is 0 Å². The van der Waals surface area contributed by atoms with E-state index in [4.69, 9.17) is 0 Å². The lowest BCUT2D eigenvalue weighted by atomic mass is 9.84. The molecule has 0 radical (unpaired) electrons. The van der Waals surface area contributed by atoms with Crippen LogP contribution in [0.1, 0.15) is 55.3 Å². The highest BCUT2D eigenvalue weighted by Crippen LogP contribution is 2.41. The predicted molar refractivity (Wildman–Crippen MR) is 129 cm³/mol. The van der Waals surface area contributed by atoms with Crippen molar-refractivity contribution in [2.75, 3.05) is 18.4 Å². The summed E-state index contributed by atoms with van der Waals surface area (Å²) in [5.74, 6) is 0.782. The minimum atomic E-state index is -0.403. The number of pyridine rings is 1. The predicted octanol–water partition coefficient (Wildman–Crippen LogP) is 3.73. The highest BCUT2D eigenvalue weighted by molar-refractivity contribution is 5.98. The van der Waals surface area contributed by atoms with Crippen LogP contribution in [0, 0.1) is 11.8 Å². The van der Waals surface area contributed by atoms with Crippen LogP contribution in [-0.2, 0) is 9.59 Å². The smallest absolute Gasteiger partial charge is 0.254 e. The molecule has 34 heavy (non-hydrogen) atoms. The number of carbonyl (C=O) groups excluding carboxylic acids is 3. The Morgan fingerprint density at radius 3 is 2.35 bits per heavy atom. The maximum atomic E-state index is 13.7. The van der Waals surface area contributed by atoms with E-state index in [1.165, 1.54) is 6.42 Å². The van der Waals surface area contributed by atoms with Gasteiger partial charge in [-0.2, -0.15) is 0 Å². The molecule has 1 aliphatic carbocycles. The number of anilines is 1. The van der Waals surface area contributed by atoms with E-state index in [-0.39, 0.29) is 29.7 Å². The summed E-state index contributed by atoms with van der Waals surface area (Å²) in [6.45, 7) is 1.08. The van der Waals surface area contributed by atoms with E-state index < -0.39 is 6.04 Å². The molecule has 3 unspecified atom stereocenters. The van der Waals surface area contributed by atoms with Gasteiger partial charge < -0.3 is 15.1 Å². The first-order valence-corrected chi connectivity index (χ1v) is 12.5. The van der Waals surface area contributed by atoms with Gasteiger partial charge in [-0.05, 0) is 62.3 Å². The van der Waals surface area contributed by atoms with Gasteiger partial charge in [0.05, 0.1) is 0 Å². The van der Waals surface area contributed by atoms with Crippen LogP contribution in [0.25, 0.3) is 0 Å². The van der Waals surface area contributed by atoms with Crippen LogP contribution in [0.3, 0.4) is 0 Å². The van der Waals surface area contributed by atoms with Crippen LogP contribution in [0.2, 0.25) is 0 Å². The summed E-state index contributed by atoms with van der Waals surface area (Å²) in [5, 5.41) is 2.88. The van der Waals surface area contributed by atoms with Gasteiger partial charge in [0.1, 0.15) is 11.9 Å². The average Bonchev–Trinajstić information content (AvgIpc) is 3.28. The van der Waals surface area contributed by atoms with Crippen molar-refractivity contribution in [2.24, 2.45) is 11.8 Å². The van der Waals surface area contributed by atoms with Crippen LogP contribution in [0.4, 0.5) is 5.82 Å². The maximum absolute atomic E-state index is 13.7. The molecule has 1 N–H and O–H groups in total. The molecule has 7 heteroatoms. The van der Waals surface area contributed by atoms with E-state index in [0.29, 0.717) is 43.2 Å². The van der Waals surface area contributed by atoms with Gasteiger partial charge in [-0.3, -0.25) is 14.4 Å². The summed E-state index contributed by atoms with van der Waals surface area (Å²) in [7, 11) is 0. The van der Waals surface area contributed by atoms with Crippen molar-refractivity contribution in [2.45, 2.75) is 57.0 Å². The summed E-state index contributed by atoms with van der Waals surface area (Å²) >= 11 is 0. The van der Waals surface area contributed by atoms with E-state index in [9.17, 15) is 14.4 Å². The number of benzene rings is 1. The Morgan fingerprint density at radius 1 is 0.882 bits per heavy atom. The highest BCUT2D eigenvalue weighted by atomic mass is 16.2. The first-order valence-electron chi connectivity index (χ1n) is 12.5. The number of likely N-dealkylation sites (tertiary alicyclic amines) is 2. The number of aromatic nitrogens is 1. The van der Waals surface area contributed by atoms with Gasteiger partial charge in [0.25, 0.3) is 5.91 Å². The summed E-state index contributed by atoms with van der Waals surface area (Å²) in [5.41, 5.74) is 0.649. The van der Waals surface area contributed by atoms with Crippen molar-refractivity contribution >= 4 is 23.5 Å². The average molecular weight is 461 g/mol. The number of hydrogen-bond donors (Lipinski definition) is 1. The second-order valence-corrected chi connectivity index (χ2v) is 9.75. The topological polar surface area (TPSA) is 82.6 Å². The zero-order valence-corrected chi connectivity index (χ0v) is 19.4. The SMILES string of the molecule is O=C(Nc1ccccn1)C1CCN(C(=O)C2CC3CCCCC3N2C(=O)c2ccccc2)CC1. The van der Waals surface area contributed by atoms with E-state index in [1.54, 1.807) is 12.3 Å². The minimum absolute atomic E-state index is 0.0297. The monoisotopic (exact) mass is 460 g/mol. The van der Waals surface area contributed by atoms with Gasteiger partial charge in [0, 0.05) is 36.8 Å². The van der Waals surface area contributed by atoms with Gasteiger partial charge in [0.15, 0.2) is 0 Å². The molecule has 0 bridgehead atoms. The van der Waals surface area contributed by atoms with Crippen LogP contribution in [-0.4, -0.2) is 57.7 Å². The molecule has 0 spiro atoms. The molecule has 2 aliphatic heterocycles. The fourth-order valence-corrected chi connectivity index (χ4v) is 5.94. The molecule has 3 amide bonds. The Bertz CT molecular complexity index is 1020. The molecule has 178 valence electrons. The van der Waals surface area contributed by atoms with Crippen molar-refractivity contribution < 1.29 is 14.4 Å². The zero-order valence-electron chi connectivity index (χ0n) is 19.4. The number of nitrogens with zero attached hydrogens (tertiary/aromatic N) is 3. The van der Waals surface area contributed by atoms with Gasteiger partial charge in [-0.15, -0.1) is 0 Å². The lowest BCUT2D eigenvalue weighted by Gasteiger charge is -2.37. The van der Waals surface area contributed by atoms with E-state index in [0.717, 1.165) is 25.7 Å². The Labute approximate surface area is 200 Å². The molecular weight excluding hydrogens is 428 g/mol. The molecule has 3 aliphatic rings. The molecule has 1 saturated carbocycles. The largest absolute Gasteiger partial charge is 0.341 e. The van der Waals surface area contributed by atoms with Gasteiger partial charge in [0.2, 0.25) is 11.8 Å². The minimum Gasteiger partial charge on any atom is -0.341 e. The third-order valence-corrected chi connectivity index (χ3v) is 7.72. The number of nitrogens with one attached hydrogen (secondary N) is 1. The summed E-state index contributed by atoms with van der Waals surface area (Å²) in [6, 6.07) is 14.5. The Hall–Kier alpha value is -3.22. The van der Waals surface area contributed by atoms with Gasteiger partial charge in [-0.25, -0.2) is 4.98 Å². The lowest BCUT2D eigenvalue weighted by Crippen LogP contribution is -2.52. The first kappa shape index (κ1) is 22.6. The van der Waals surface area contributed by atoms with Crippen molar-refractivity contribution in [3.05, 3.63) is 60.3 Å². The first-order chi connectivity index (χ1) is 16.6. The molecule has 2 saturated heterocycles. The second-order valence-electron chi connectivity index (χ2n) is 9.75. The molecular formula is C27H32N4O3. The summed E-state index contributed by atoms with van der Waals surface area (Å²) in [4.78, 5) is 47.8. The lowest BCUT2D eigenvalue weighted by molar-refractivity contribution is -0.138. The Kier molecular flexibility index (Phi) is 6.61. The number of fused-ring (bicyclic) bond motifs is 1. The number of rotatable bonds is 4. The second kappa shape index (κ2) is 9.95. The number of hydrogen-bond acceptors (Lipinski definition) is 4. The molecule has 3 fully saturated rings. The fraction of sp³-hybridized carbons (Fsp3) is 0.481. The molecule has 1 aromatic heterocycles. The van der Waals surface area contributed by atoms with E-state index in [2.05, 4.69) is 10.3 Å². The zero-order chi connectivity index (χ0) is 23.5. The number of amides is 3. The molecule has 3 atom stereocenters. The van der Waals surface area contributed by atoms with Crippen molar-refractivity contribution in [1.29, 1.82) is 0 Å². The summed E-state index contributed by atoms with van der Waals surface area (Å²) < 4.78 is 0. The van der Waals surface area contributed by atoms with E-state index >= 15 is 0 Å². The highest BCUT2D eigenvalue weighted by Gasteiger charge is 2.48. The Balaban J connectivity index is 1.26. The number of piperidine rings is 1. The molecule has 7 nitrogen and oxygen atoms in total. The quantitative estimate of drug-likeness (QED) is 0.754. The van der Waals surface area contributed by atoms with Crippen molar-refractivity contribution in [3.8, 4) is 0 Å². The van der Waals surface area contributed by atoms with Crippen LogP contribution < -0.4 is 5.32 Å². The molecule has 5 rings (SSSR count). The molecule has 1 aromatic carbocycles. The van der Waals surface area contributed by atoms with Crippen LogP contribution in [0.15, 0.2) is 54.7 Å².